The van der Waals surface area contributed by atoms with E-state index in [0.29, 0.717) is 0 Å². The summed E-state index contributed by atoms with van der Waals surface area (Å²) in [5, 5.41) is 0. The van der Waals surface area contributed by atoms with Crippen LogP contribution in [0.3, 0.4) is 0 Å². The predicted octanol–water partition coefficient (Wildman–Crippen LogP) is 1.08. The van der Waals surface area contributed by atoms with Crippen molar-refractivity contribution in [1.29, 1.82) is 0 Å². The number of carbonyl (C=O) groups is 4. The minimum absolute atomic E-state index is 0.377. The van der Waals surface area contributed by atoms with Crippen LogP contribution < -0.4 is 0 Å². The van der Waals surface area contributed by atoms with Crippen molar-refractivity contribution in [2.75, 3.05) is 14.2 Å². The fourth-order valence-electron chi connectivity index (χ4n) is 1.88. The number of Topliss-reactive ketones (excluding diaryl/α,β-unsaturated/α-hetero) is 4. The SMILES string of the molecule is C[O][Ti](=[O])([CH2]C(=O)CC(C)=O)([CH2]C(=O)CC(C)=O)[O]C. The van der Waals surface area contributed by atoms with Crippen molar-refractivity contribution < 1.29 is 45.2 Å². The van der Waals surface area contributed by atoms with Crippen LogP contribution in [0.4, 0.5) is 0 Å². The normalized spacial score (nSPS) is 12.1. The summed E-state index contributed by atoms with van der Waals surface area (Å²) in [6, 6.07) is 0. The van der Waals surface area contributed by atoms with Gasteiger partial charge in [-0.2, -0.15) is 0 Å². The summed E-state index contributed by atoms with van der Waals surface area (Å²) in [5.74, 6) is -1.97. The number of carbonyl (C=O) groups excluding carboxylic acids is 4. The average molecular weight is 324 g/mol. The van der Waals surface area contributed by atoms with Gasteiger partial charge in [-0.3, -0.25) is 0 Å². The zero-order chi connectivity index (χ0) is 16.0. The molecule has 0 saturated heterocycles. The minimum atomic E-state index is -5.51. The Morgan fingerprint density at radius 1 is 0.800 bits per heavy atom. The molecule has 0 bridgehead atoms. The standard InChI is InChI=1S/2C5H7O2.2CH3O.O.Ti/c2*1-4(6)3-5(2)7;2*1-2;;/h2*1,3H2,2H3;2*1H3;;/q;;2*-1;;+2. The molecule has 0 radical (unpaired) electrons. The Balaban J connectivity index is 5.18. The molecule has 0 aliphatic heterocycles. The van der Waals surface area contributed by atoms with Gasteiger partial charge in [-0.1, -0.05) is 0 Å². The maximum absolute atomic E-state index is 12.9. The third kappa shape index (κ3) is 6.04. The van der Waals surface area contributed by atoms with Crippen LogP contribution in [0.15, 0.2) is 0 Å². The van der Waals surface area contributed by atoms with Crippen LogP contribution in [0.2, 0.25) is 9.45 Å². The van der Waals surface area contributed by atoms with E-state index in [9.17, 15) is 22.5 Å². The summed E-state index contributed by atoms with van der Waals surface area (Å²) in [7, 11) is 2.19. The van der Waals surface area contributed by atoms with Crippen molar-refractivity contribution >= 4 is 23.1 Å². The van der Waals surface area contributed by atoms with Crippen LogP contribution in [0.25, 0.3) is 0 Å². The van der Waals surface area contributed by atoms with Crippen LogP contribution >= 0.6 is 0 Å². The number of hydrogen-bond acceptors (Lipinski definition) is 7. The molecule has 0 fully saturated rings. The van der Waals surface area contributed by atoms with Crippen LogP contribution in [-0.2, 0) is 45.2 Å². The first-order valence-corrected chi connectivity index (χ1v) is 10.2. The Bertz CT molecular complexity index is 448. The van der Waals surface area contributed by atoms with Crippen LogP contribution in [0.5, 0.6) is 0 Å². The Morgan fingerprint density at radius 3 is 1.30 bits per heavy atom. The van der Waals surface area contributed by atoms with E-state index in [1.165, 1.54) is 13.8 Å². The van der Waals surface area contributed by atoms with Gasteiger partial charge in [-0.25, -0.2) is 0 Å². The van der Waals surface area contributed by atoms with Gasteiger partial charge in [-0.15, -0.1) is 0 Å². The molecule has 0 heterocycles. The van der Waals surface area contributed by atoms with Crippen molar-refractivity contribution in [3.05, 3.63) is 0 Å². The van der Waals surface area contributed by atoms with Crippen molar-refractivity contribution in [3.8, 4) is 0 Å². The first-order valence-electron chi connectivity index (χ1n) is 6.07. The van der Waals surface area contributed by atoms with E-state index < -0.39 is 49.9 Å². The molecule has 0 atom stereocenters. The Hall–Kier alpha value is -0.886. The zero-order valence-corrected chi connectivity index (χ0v) is 13.7. The Labute approximate surface area is 119 Å². The Kier molecular flexibility index (Phi) is 6.90. The molecule has 0 spiro atoms. The molecule has 0 amide bonds. The van der Waals surface area contributed by atoms with E-state index >= 15 is 0 Å². The average Bonchev–Trinajstić information content (AvgIpc) is 2.26. The van der Waals surface area contributed by atoms with Gasteiger partial charge in [0.2, 0.25) is 0 Å². The molecule has 0 aromatic carbocycles. The summed E-state index contributed by atoms with van der Waals surface area (Å²) in [6.45, 7) is 2.45. The molecule has 20 heavy (non-hydrogen) atoms. The first-order chi connectivity index (χ1) is 9.04. The van der Waals surface area contributed by atoms with Crippen molar-refractivity contribution in [2.45, 2.75) is 36.1 Å². The molecular weight excluding hydrogens is 304 g/mol. The van der Waals surface area contributed by atoms with E-state index in [4.69, 9.17) is 6.64 Å². The number of ketones is 4. The molecule has 0 rings (SSSR count). The molecule has 7 nitrogen and oxygen atoms in total. The second-order valence-corrected chi connectivity index (χ2v) is 11.6. The van der Waals surface area contributed by atoms with Crippen molar-refractivity contribution in [1.82, 2.24) is 0 Å². The van der Waals surface area contributed by atoms with Crippen LogP contribution in [0, 0.1) is 0 Å². The molecule has 0 aliphatic carbocycles. The van der Waals surface area contributed by atoms with E-state index in [1.807, 2.05) is 0 Å². The van der Waals surface area contributed by atoms with Gasteiger partial charge in [0.15, 0.2) is 0 Å². The molecule has 8 heteroatoms. The van der Waals surface area contributed by atoms with Gasteiger partial charge in [0.1, 0.15) is 0 Å². The summed E-state index contributed by atoms with van der Waals surface area (Å²) in [5.41, 5.74) is 0. The molecule has 0 aromatic rings. The number of rotatable bonds is 10. The van der Waals surface area contributed by atoms with E-state index in [2.05, 4.69) is 0 Å². The summed E-state index contributed by atoms with van der Waals surface area (Å²) < 4.78 is 21.5. The van der Waals surface area contributed by atoms with E-state index in [-0.39, 0.29) is 11.6 Å². The quantitative estimate of drug-likeness (QED) is 0.437. The van der Waals surface area contributed by atoms with E-state index in [1.54, 1.807) is 0 Å². The Morgan fingerprint density at radius 2 is 1.10 bits per heavy atom. The molecule has 0 saturated carbocycles. The van der Waals surface area contributed by atoms with Gasteiger partial charge >= 0.3 is 119 Å². The van der Waals surface area contributed by atoms with E-state index in [0.717, 1.165) is 14.2 Å². The van der Waals surface area contributed by atoms with Gasteiger partial charge < -0.3 is 0 Å². The zero-order valence-electron chi connectivity index (χ0n) is 12.2. The fraction of sp³-hybridized carbons (Fsp3) is 0.667. The van der Waals surface area contributed by atoms with Crippen LogP contribution in [-0.4, -0.2) is 37.4 Å². The second kappa shape index (κ2) is 7.22. The summed E-state index contributed by atoms with van der Waals surface area (Å²) >= 11 is -5.51. The van der Waals surface area contributed by atoms with Gasteiger partial charge in [0.25, 0.3) is 0 Å². The maximum atomic E-state index is 12.9. The molecule has 0 aliphatic rings. The molecule has 0 unspecified atom stereocenters. The molecule has 0 aromatic heterocycles. The fourth-order valence-corrected chi connectivity index (χ4v) is 6.00. The summed E-state index contributed by atoms with van der Waals surface area (Å²) in [4.78, 5) is 45.2. The molecule has 114 valence electrons. The molecular formula is C12H20O7Ti. The van der Waals surface area contributed by atoms with Gasteiger partial charge in [0.05, 0.1) is 0 Å². The summed E-state index contributed by atoms with van der Waals surface area (Å²) in [6.07, 6.45) is -0.787. The monoisotopic (exact) mass is 324 g/mol. The third-order valence-electron chi connectivity index (χ3n) is 2.88. The number of hydrogen-bond donors (Lipinski definition) is 0. The van der Waals surface area contributed by atoms with Crippen molar-refractivity contribution in [2.24, 2.45) is 0 Å². The van der Waals surface area contributed by atoms with Gasteiger partial charge in [0, 0.05) is 0 Å². The van der Waals surface area contributed by atoms with Crippen molar-refractivity contribution in [3.63, 3.8) is 0 Å². The molecule has 0 N–H and O–H groups in total. The third-order valence-corrected chi connectivity index (χ3v) is 9.09. The second-order valence-electron chi connectivity index (χ2n) is 4.96. The topological polar surface area (TPSA) is 104 Å². The predicted molar refractivity (Wildman–Crippen MR) is 64.9 cm³/mol. The van der Waals surface area contributed by atoms with Crippen LogP contribution in [0.1, 0.15) is 26.7 Å². The first kappa shape index (κ1) is 19.1. The van der Waals surface area contributed by atoms with Gasteiger partial charge in [-0.05, 0) is 0 Å².